The molecule has 7 heteroatoms. The number of anilines is 1. The van der Waals surface area contributed by atoms with E-state index in [1.165, 1.54) is 10.9 Å². The Balaban J connectivity index is 1.86. The zero-order chi connectivity index (χ0) is 18.0. The molecular formula is C18H27N5OS. The molecule has 0 unspecified atom stereocenters. The summed E-state index contributed by atoms with van der Waals surface area (Å²) in [6.45, 7) is 12.1. The van der Waals surface area contributed by atoms with Crippen LogP contribution in [-0.4, -0.2) is 53.6 Å². The Labute approximate surface area is 153 Å². The van der Waals surface area contributed by atoms with Gasteiger partial charge in [0.05, 0.1) is 5.39 Å². The Hall–Kier alpha value is -1.89. The Morgan fingerprint density at radius 3 is 2.64 bits per heavy atom. The summed E-state index contributed by atoms with van der Waals surface area (Å²) in [4.78, 5) is 26.7. The van der Waals surface area contributed by atoms with Crippen LogP contribution in [-0.2, 0) is 6.42 Å². The number of piperazine rings is 1. The second-order valence-corrected chi connectivity index (χ2v) is 7.80. The van der Waals surface area contributed by atoms with Crippen molar-refractivity contribution in [3.05, 3.63) is 16.8 Å². The molecule has 6 nitrogen and oxygen atoms in total. The number of urea groups is 1. The quantitative estimate of drug-likeness (QED) is 0.909. The van der Waals surface area contributed by atoms with E-state index in [1.54, 1.807) is 11.3 Å². The number of amides is 2. The second kappa shape index (κ2) is 7.56. The van der Waals surface area contributed by atoms with Gasteiger partial charge in [-0.1, -0.05) is 13.8 Å². The summed E-state index contributed by atoms with van der Waals surface area (Å²) in [7, 11) is 0. The molecule has 1 N–H and O–H groups in total. The van der Waals surface area contributed by atoms with E-state index in [0.29, 0.717) is 12.5 Å². The van der Waals surface area contributed by atoms with E-state index in [9.17, 15) is 4.79 Å². The van der Waals surface area contributed by atoms with Crippen LogP contribution in [0.5, 0.6) is 0 Å². The summed E-state index contributed by atoms with van der Waals surface area (Å²) in [5, 5.41) is 6.31. The minimum Gasteiger partial charge on any atom is -0.352 e. The van der Waals surface area contributed by atoms with Crippen LogP contribution in [0.3, 0.4) is 0 Å². The smallest absolute Gasteiger partial charge is 0.317 e. The van der Waals surface area contributed by atoms with Crippen LogP contribution in [0.15, 0.2) is 5.38 Å². The molecule has 0 spiro atoms. The zero-order valence-corrected chi connectivity index (χ0v) is 16.3. The highest BCUT2D eigenvalue weighted by Gasteiger charge is 2.24. The van der Waals surface area contributed by atoms with E-state index in [1.807, 2.05) is 18.7 Å². The van der Waals surface area contributed by atoms with Crippen LogP contribution in [0, 0.1) is 12.8 Å². The van der Waals surface area contributed by atoms with E-state index in [2.05, 4.69) is 34.4 Å². The molecule has 3 rings (SSSR count). The van der Waals surface area contributed by atoms with Gasteiger partial charge in [0.15, 0.2) is 0 Å². The molecule has 0 radical (unpaired) electrons. The summed E-state index contributed by atoms with van der Waals surface area (Å²) in [5.41, 5.74) is 1.34. The molecule has 2 amide bonds. The number of aromatic nitrogens is 2. The third kappa shape index (κ3) is 3.86. The summed E-state index contributed by atoms with van der Waals surface area (Å²) >= 11 is 1.71. The third-order valence-electron chi connectivity index (χ3n) is 4.43. The van der Waals surface area contributed by atoms with Crippen LogP contribution in [0.25, 0.3) is 10.2 Å². The first-order valence-corrected chi connectivity index (χ1v) is 9.90. The maximum atomic E-state index is 12.0. The lowest BCUT2D eigenvalue weighted by atomic mass is 10.0. The first-order chi connectivity index (χ1) is 12.0. The maximum Gasteiger partial charge on any atom is 0.317 e. The highest BCUT2D eigenvalue weighted by Crippen LogP contribution is 2.33. The van der Waals surface area contributed by atoms with Crippen LogP contribution < -0.4 is 10.2 Å². The molecule has 2 aromatic heterocycles. The molecule has 1 fully saturated rings. The summed E-state index contributed by atoms with van der Waals surface area (Å²) in [6, 6.07) is 0.0298. The Bertz CT molecular complexity index is 749. The number of nitrogens with zero attached hydrogens (tertiary/aromatic N) is 4. The van der Waals surface area contributed by atoms with Gasteiger partial charge in [0, 0.05) is 32.7 Å². The Morgan fingerprint density at radius 2 is 2.00 bits per heavy atom. The third-order valence-corrected chi connectivity index (χ3v) is 5.35. The van der Waals surface area contributed by atoms with E-state index in [-0.39, 0.29) is 6.03 Å². The SMILES string of the molecule is CCNC(=O)N1CCN(c2nc(C)nc3scc(CC(C)C)c23)CC1. The van der Waals surface area contributed by atoms with Crippen molar-refractivity contribution in [1.82, 2.24) is 20.2 Å². The normalized spacial score (nSPS) is 15.2. The van der Waals surface area contributed by atoms with Crippen LogP contribution in [0.1, 0.15) is 32.2 Å². The molecule has 0 atom stereocenters. The fourth-order valence-corrected chi connectivity index (χ4v) is 4.28. The molecule has 136 valence electrons. The number of aryl methyl sites for hydroxylation is 1. The average Bonchev–Trinajstić information content (AvgIpc) is 2.96. The fourth-order valence-electron chi connectivity index (χ4n) is 3.29. The molecule has 0 saturated carbocycles. The lowest BCUT2D eigenvalue weighted by Gasteiger charge is -2.35. The van der Waals surface area contributed by atoms with Crippen molar-refractivity contribution in [2.75, 3.05) is 37.6 Å². The Kier molecular flexibility index (Phi) is 5.42. The van der Waals surface area contributed by atoms with Gasteiger partial charge in [0.25, 0.3) is 0 Å². The first-order valence-electron chi connectivity index (χ1n) is 9.02. The van der Waals surface area contributed by atoms with Crippen molar-refractivity contribution in [2.24, 2.45) is 5.92 Å². The monoisotopic (exact) mass is 361 g/mol. The molecule has 1 saturated heterocycles. The minimum atomic E-state index is 0.0298. The predicted octanol–water partition coefficient (Wildman–Crippen LogP) is 3.05. The minimum absolute atomic E-state index is 0.0298. The molecule has 0 aliphatic carbocycles. The number of carbonyl (C=O) groups is 1. The number of thiophene rings is 1. The van der Waals surface area contributed by atoms with Crippen LogP contribution in [0.4, 0.5) is 10.6 Å². The Morgan fingerprint density at radius 1 is 1.28 bits per heavy atom. The van der Waals surface area contributed by atoms with Crippen molar-refractivity contribution >= 4 is 33.4 Å². The van der Waals surface area contributed by atoms with Gasteiger partial charge in [-0.25, -0.2) is 14.8 Å². The van der Waals surface area contributed by atoms with Crippen LogP contribution in [0.2, 0.25) is 0 Å². The highest BCUT2D eigenvalue weighted by molar-refractivity contribution is 7.17. The van der Waals surface area contributed by atoms with Gasteiger partial charge >= 0.3 is 6.03 Å². The number of rotatable bonds is 4. The number of hydrogen-bond acceptors (Lipinski definition) is 5. The maximum absolute atomic E-state index is 12.0. The summed E-state index contributed by atoms with van der Waals surface area (Å²) in [6.07, 6.45) is 1.04. The molecule has 25 heavy (non-hydrogen) atoms. The van der Waals surface area contributed by atoms with Gasteiger partial charge in [-0.05, 0) is 37.1 Å². The molecule has 1 aliphatic heterocycles. The van der Waals surface area contributed by atoms with Gasteiger partial charge in [0.1, 0.15) is 16.5 Å². The topological polar surface area (TPSA) is 61.4 Å². The molecule has 0 aromatic carbocycles. The molecular weight excluding hydrogens is 334 g/mol. The van der Waals surface area contributed by atoms with Crippen molar-refractivity contribution in [3.8, 4) is 0 Å². The summed E-state index contributed by atoms with van der Waals surface area (Å²) < 4.78 is 0. The van der Waals surface area contributed by atoms with E-state index in [0.717, 1.165) is 49.1 Å². The lowest BCUT2D eigenvalue weighted by molar-refractivity contribution is 0.195. The largest absolute Gasteiger partial charge is 0.352 e. The molecule has 0 bridgehead atoms. The lowest BCUT2D eigenvalue weighted by Crippen LogP contribution is -2.52. The van der Waals surface area contributed by atoms with Crippen molar-refractivity contribution in [3.63, 3.8) is 0 Å². The van der Waals surface area contributed by atoms with Gasteiger partial charge in [-0.3, -0.25) is 0 Å². The van der Waals surface area contributed by atoms with Crippen molar-refractivity contribution in [1.29, 1.82) is 0 Å². The molecule has 2 aromatic rings. The standard InChI is InChI=1S/C18H27N5OS/c1-5-19-18(24)23-8-6-22(7-9-23)16-15-14(10-12(2)3)11-25-17(15)21-13(4)20-16/h11-12H,5-10H2,1-4H3,(H,19,24). The summed E-state index contributed by atoms with van der Waals surface area (Å²) in [5.74, 6) is 2.45. The van der Waals surface area contributed by atoms with Crippen molar-refractivity contribution in [2.45, 2.75) is 34.1 Å². The predicted molar refractivity (Wildman–Crippen MR) is 104 cm³/mol. The van der Waals surface area contributed by atoms with E-state index >= 15 is 0 Å². The number of nitrogens with one attached hydrogen (secondary N) is 1. The number of hydrogen-bond donors (Lipinski definition) is 1. The van der Waals surface area contributed by atoms with Gasteiger partial charge in [0.2, 0.25) is 0 Å². The highest BCUT2D eigenvalue weighted by atomic mass is 32.1. The molecule has 3 heterocycles. The van der Waals surface area contributed by atoms with Gasteiger partial charge in [-0.15, -0.1) is 11.3 Å². The second-order valence-electron chi connectivity index (χ2n) is 6.94. The fraction of sp³-hybridized carbons (Fsp3) is 0.611. The first kappa shape index (κ1) is 17.9. The number of fused-ring (bicyclic) bond motifs is 1. The van der Waals surface area contributed by atoms with Crippen LogP contribution >= 0.6 is 11.3 Å². The average molecular weight is 362 g/mol. The van der Waals surface area contributed by atoms with Gasteiger partial charge in [-0.2, -0.15) is 0 Å². The van der Waals surface area contributed by atoms with E-state index < -0.39 is 0 Å². The van der Waals surface area contributed by atoms with Gasteiger partial charge < -0.3 is 15.1 Å². The molecule has 1 aliphatic rings. The van der Waals surface area contributed by atoms with E-state index in [4.69, 9.17) is 4.98 Å². The zero-order valence-electron chi connectivity index (χ0n) is 15.5. The number of carbonyl (C=O) groups excluding carboxylic acids is 1. The van der Waals surface area contributed by atoms with Crippen molar-refractivity contribution < 1.29 is 4.79 Å².